The fraction of sp³-hybridized carbons (Fsp3) is 0.900. The van der Waals surface area contributed by atoms with Crippen LogP contribution < -0.4 is 0 Å². The third-order valence-electron chi connectivity index (χ3n) is 2.51. The molecule has 2 atom stereocenters. The zero-order valence-electron chi connectivity index (χ0n) is 8.38. The number of hydrogen-bond acceptors (Lipinski definition) is 2. The second kappa shape index (κ2) is 4.24. The fourth-order valence-corrected chi connectivity index (χ4v) is 1.78. The zero-order valence-corrected chi connectivity index (χ0v) is 8.38. The summed E-state index contributed by atoms with van der Waals surface area (Å²) in [7, 11) is 0. The van der Waals surface area contributed by atoms with Gasteiger partial charge in [0.1, 0.15) is 0 Å². The molecule has 1 fully saturated rings. The van der Waals surface area contributed by atoms with Crippen LogP contribution in [-0.4, -0.2) is 35.2 Å². The Morgan fingerprint density at radius 2 is 2.08 bits per heavy atom. The van der Waals surface area contributed by atoms with Crippen LogP contribution in [0.4, 0.5) is 0 Å². The number of β-amino-alcohol motifs (C(OH)–C–C–N with tert-alkyl or cyclic N) is 1. The summed E-state index contributed by atoms with van der Waals surface area (Å²) in [5, 5.41) is 9.46. The minimum Gasteiger partial charge on any atom is -0.392 e. The lowest BCUT2D eigenvalue weighted by Crippen LogP contribution is -2.45. The highest BCUT2D eigenvalue weighted by Crippen LogP contribution is 2.18. The summed E-state index contributed by atoms with van der Waals surface area (Å²) in [6, 6.07) is 0.642. The average Bonchev–Trinajstić information content (AvgIpc) is 1.96. The molecular weight excluding hydrogens is 150 g/mol. The highest BCUT2D eigenvalue weighted by molar-refractivity contribution is 4.87. The van der Waals surface area contributed by atoms with Gasteiger partial charge in [-0.1, -0.05) is 13.8 Å². The minimum atomic E-state index is -0.0967. The molecule has 1 aliphatic rings. The van der Waals surface area contributed by atoms with Crippen molar-refractivity contribution in [2.45, 2.75) is 45.8 Å². The van der Waals surface area contributed by atoms with E-state index in [2.05, 4.69) is 25.7 Å². The molecule has 1 heterocycles. The zero-order chi connectivity index (χ0) is 9.14. The van der Waals surface area contributed by atoms with Gasteiger partial charge in [0.15, 0.2) is 0 Å². The van der Waals surface area contributed by atoms with Gasteiger partial charge in [-0.2, -0.15) is 0 Å². The van der Waals surface area contributed by atoms with Crippen molar-refractivity contribution in [2.75, 3.05) is 13.1 Å². The summed E-state index contributed by atoms with van der Waals surface area (Å²) in [4.78, 5) is 2.36. The lowest BCUT2D eigenvalue weighted by Gasteiger charge is -2.36. The van der Waals surface area contributed by atoms with Crippen molar-refractivity contribution in [3.05, 3.63) is 5.92 Å². The molecule has 0 aliphatic carbocycles. The molecule has 0 aromatic heterocycles. The van der Waals surface area contributed by atoms with Crippen LogP contribution in [0.1, 0.15) is 33.6 Å². The average molecular weight is 170 g/mol. The van der Waals surface area contributed by atoms with Gasteiger partial charge < -0.3 is 5.11 Å². The van der Waals surface area contributed by atoms with Crippen molar-refractivity contribution in [3.63, 3.8) is 0 Å². The predicted molar refractivity (Wildman–Crippen MR) is 50.9 cm³/mol. The topological polar surface area (TPSA) is 23.5 Å². The predicted octanol–water partition coefficient (Wildman–Crippen LogP) is 1.45. The summed E-state index contributed by atoms with van der Waals surface area (Å²) in [5.41, 5.74) is 0. The van der Waals surface area contributed by atoms with Gasteiger partial charge in [0.2, 0.25) is 0 Å². The smallest absolute Gasteiger partial charge is 0.0667 e. The number of nitrogens with zero attached hydrogens (tertiary/aromatic N) is 1. The highest BCUT2D eigenvalue weighted by Gasteiger charge is 2.23. The van der Waals surface area contributed by atoms with Crippen LogP contribution >= 0.6 is 0 Å². The normalized spacial score (nSPS) is 32.8. The van der Waals surface area contributed by atoms with E-state index in [0.29, 0.717) is 6.04 Å². The van der Waals surface area contributed by atoms with E-state index in [0.717, 1.165) is 25.9 Å². The van der Waals surface area contributed by atoms with Crippen LogP contribution in [0.15, 0.2) is 0 Å². The molecule has 0 unspecified atom stereocenters. The largest absolute Gasteiger partial charge is 0.392 e. The molecule has 1 rings (SSSR count). The molecule has 0 amide bonds. The van der Waals surface area contributed by atoms with Crippen LogP contribution in [0.3, 0.4) is 0 Å². The summed E-state index contributed by atoms with van der Waals surface area (Å²) in [6.07, 6.45) is 2.01. The van der Waals surface area contributed by atoms with Crippen LogP contribution in [0, 0.1) is 5.92 Å². The first-order valence-electron chi connectivity index (χ1n) is 4.80. The summed E-state index contributed by atoms with van der Waals surface area (Å²) < 4.78 is 0. The first-order valence-corrected chi connectivity index (χ1v) is 4.80. The second-order valence-electron chi connectivity index (χ2n) is 4.22. The number of hydrogen-bond donors (Lipinski definition) is 1. The van der Waals surface area contributed by atoms with Gasteiger partial charge in [-0.3, -0.25) is 4.90 Å². The number of rotatable bonds is 2. The second-order valence-corrected chi connectivity index (χ2v) is 4.22. The molecule has 2 heteroatoms. The Morgan fingerprint density at radius 3 is 2.67 bits per heavy atom. The molecule has 71 valence electrons. The van der Waals surface area contributed by atoms with Crippen molar-refractivity contribution in [1.82, 2.24) is 4.90 Å². The molecule has 0 aromatic carbocycles. The number of likely N-dealkylation sites (tertiary alicyclic amines) is 1. The van der Waals surface area contributed by atoms with Gasteiger partial charge in [-0.25, -0.2) is 0 Å². The Labute approximate surface area is 75.6 Å². The van der Waals surface area contributed by atoms with Crippen LogP contribution in [0.25, 0.3) is 0 Å². The monoisotopic (exact) mass is 170 g/mol. The van der Waals surface area contributed by atoms with Crippen molar-refractivity contribution in [1.29, 1.82) is 0 Å². The van der Waals surface area contributed by atoms with Crippen LogP contribution in [0.2, 0.25) is 0 Å². The van der Waals surface area contributed by atoms with Crippen molar-refractivity contribution < 1.29 is 5.11 Å². The Balaban J connectivity index is 2.38. The maximum absolute atomic E-state index is 9.46. The summed E-state index contributed by atoms with van der Waals surface area (Å²) in [6.45, 7) is 8.43. The van der Waals surface area contributed by atoms with Gasteiger partial charge in [-0.05, 0) is 25.7 Å². The Hall–Kier alpha value is -0.0800. The lowest BCUT2D eigenvalue weighted by molar-refractivity contribution is 0.0440. The van der Waals surface area contributed by atoms with Gasteiger partial charge in [0.05, 0.1) is 6.10 Å². The Morgan fingerprint density at radius 1 is 1.42 bits per heavy atom. The Kier molecular flexibility index (Phi) is 3.53. The Bertz CT molecular complexity index is 134. The first-order chi connectivity index (χ1) is 5.59. The maximum atomic E-state index is 9.46. The van der Waals surface area contributed by atoms with Crippen molar-refractivity contribution in [2.24, 2.45) is 0 Å². The molecule has 0 aromatic rings. The van der Waals surface area contributed by atoms with E-state index in [-0.39, 0.29) is 6.10 Å². The molecule has 12 heavy (non-hydrogen) atoms. The highest BCUT2D eigenvalue weighted by atomic mass is 16.3. The fourth-order valence-electron chi connectivity index (χ4n) is 1.78. The van der Waals surface area contributed by atoms with Crippen molar-refractivity contribution in [3.8, 4) is 0 Å². The van der Waals surface area contributed by atoms with Gasteiger partial charge in [-0.15, -0.1) is 0 Å². The van der Waals surface area contributed by atoms with E-state index < -0.39 is 0 Å². The van der Waals surface area contributed by atoms with Gasteiger partial charge in [0.25, 0.3) is 0 Å². The number of piperidine rings is 1. The van der Waals surface area contributed by atoms with E-state index in [1.54, 1.807) is 0 Å². The summed E-state index contributed by atoms with van der Waals surface area (Å²) in [5.74, 6) is 1.43. The van der Waals surface area contributed by atoms with E-state index in [1.165, 1.54) is 5.92 Å². The molecule has 2 nitrogen and oxygen atoms in total. The third kappa shape index (κ3) is 2.76. The number of aliphatic hydroxyl groups excluding tert-OH is 1. The molecule has 1 saturated heterocycles. The summed E-state index contributed by atoms with van der Waals surface area (Å²) >= 11 is 0. The van der Waals surface area contributed by atoms with Crippen molar-refractivity contribution >= 4 is 0 Å². The molecule has 0 spiro atoms. The van der Waals surface area contributed by atoms with E-state index in [4.69, 9.17) is 0 Å². The quantitative estimate of drug-likeness (QED) is 0.678. The van der Waals surface area contributed by atoms with Crippen LogP contribution in [-0.2, 0) is 0 Å². The first kappa shape index (κ1) is 10.0. The van der Waals surface area contributed by atoms with Crippen LogP contribution in [0.5, 0.6) is 0 Å². The molecule has 1 aliphatic heterocycles. The van der Waals surface area contributed by atoms with Gasteiger partial charge >= 0.3 is 0 Å². The van der Waals surface area contributed by atoms with E-state index >= 15 is 0 Å². The molecule has 1 N–H and O–H groups in total. The standard InChI is InChI=1S/C10H20NO/c1-8(2)6-11-7-10(12)5-4-9(11)3/h9-10,12H,4-7H2,1-3H3/t9-,10-/m1/s1. The SMILES string of the molecule is C[C](C)CN1C[C@H](O)CC[C@H]1C. The lowest BCUT2D eigenvalue weighted by atomic mass is 10.00. The molecule has 0 saturated carbocycles. The van der Waals surface area contributed by atoms with E-state index in [9.17, 15) is 5.11 Å². The minimum absolute atomic E-state index is 0.0967. The third-order valence-corrected chi connectivity index (χ3v) is 2.51. The molecular formula is C10H20NO. The molecule has 1 radical (unpaired) electrons. The number of aliphatic hydroxyl groups is 1. The molecule has 0 bridgehead atoms. The van der Waals surface area contributed by atoms with Gasteiger partial charge in [0, 0.05) is 19.1 Å². The maximum Gasteiger partial charge on any atom is 0.0667 e. The van der Waals surface area contributed by atoms with E-state index in [1.807, 2.05) is 0 Å².